The van der Waals surface area contributed by atoms with Gasteiger partial charge in [0, 0.05) is 6.61 Å². The van der Waals surface area contributed by atoms with Crippen LogP contribution in [0.15, 0.2) is 29.2 Å². The van der Waals surface area contributed by atoms with Gasteiger partial charge in [0.1, 0.15) is 0 Å². The number of aryl methyl sites for hydroxylation is 1. The van der Waals surface area contributed by atoms with Crippen molar-refractivity contribution in [2.75, 3.05) is 6.61 Å². The molecule has 5 heteroatoms. The second-order valence-electron chi connectivity index (χ2n) is 4.29. The molecule has 0 bridgehead atoms. The largest absolute Gasteiger partial charge is 0.378 e. The summed E-state index contributed by atoms with van der Waals surface area (Å²) in [6.07, 6.45) is 4.42. The summed E-state index contributed by atoms with van der Waals surface area (Å²) >= 11 is 0. The van der Waals surface area contributed by atoms with E-state index in [1.807, 2.05) is 0 Å². The van der Waals surface area contributed by atoms with Gasteiger partial charge in [-0.3, -0.25) is 4.55 Å². The Morgan fingerprint density at radius 2 is 2.00 bits per heavy atom. The number of ether oxygens (including phenoxy) is 1. The zero-order valence-electron chi connectivity index (χ0n) is 9.50. The number of hydrogen-bond acceptors (Lipinski definition) is 3. The van der Waals surface area contributed by atoms with Crippen molar-refractivity contribution >= 4 is 10.1 Å². The molecule has 1 unspecified atom stereocenters. The van der Waals surface area contributed by atoms with Gasteiger partial charge in [0.05, 0.1) is 11.0 Å². The van der Waals surface area contributed by atoms with Crippen molar-refractivity contribution in [1.82, 2.24) is 0 Å². The summed E-state index contributed by atoms with van der Waals surface area (Å²) in [4.78, 5) is -0.0571. The predicted octanol–water partition coefficient (Wildman–Crippen LogP) is 2.04. The summed E-state index contributed by atoms with van der Waals surface area (Å²) in [6, 6.07) is 6.33. The molecule has 4 nitrogen and oxygen atoms in total. The number of hydrogen-bond donors (Lipinski definition) is 1. The van der Waals surface area contributed by atoms with Crippen molar-refractivity contribution in [3.63, 3.8) is 0 Å². The molecule has 1 aromatic carbocycles. The normalized spacial score (nSPS) is 20.6. The molecule has 0 spiro atoms. The van der Waals surface area contributed by atoms with Crippen molar-refractivity contribution in [2.45, 2.75) is 36.7 Å². The highest BCUT2D eigenvalue weighted by molar-refractivity contribution is 7.85. The Hall–Kier alpha value is -0.910. The van der Waals surface area contributed by atoms with E-state index in [4.69, 9.17) is 9.29 Å². The van der Waals surface area contributed by atoms with Crippen molar-refractivity contribution in [3.8, 4) is 0 Å². The second kappa shape index (κ2) is 5.16. The standard InChI is InChI=1S/C12H16O4S/c13-17(14,15)12-7-4-10(5-8-12)3-6-11-2-1-9-16-11/h4-5,7-8,11H,1-3,6,9H2,(H,13,14,15). The predicted molar refractivity (Wildman–Crippen MR) is 63.6 cm³/mol. The Labute approximate surface area is 101 Å². The van der Waals surface area contributed by atoms with Crippen molar-refractivity contribution in [1.29, 1.82) is 0 Å². The van der Waals surface area contributed by atoms with E-state index in [1.165, 1.54) is 12.1 Å². The Morgan fingerprint density at radius 3 is 2.53 bits per heavy atom. The SMILES string of the molecule is O=S(=O)(O)c1ccc(CCC2CCCO2)cc1. The first-order valence-corrected chi connectivity index (χ1v) is 7.18. The van der Waals surface area contributed by atoms with Gasteiger partial charge < -0.3 is 4.74 Å². The van der Waals surface area contributed by atoms with E-state index in [0.29, 0.717) is 6.10 Å². The van der Waals surface area contributed by atoms with Gasteiger partial charge >= 0.3 is 0 Å². The summed E-state index contributed by atoms with van der Waals surface area (Å²) in [6.45, 7) is 0.854. The Kier molecular flexibility index (Phi) is 3.81. The van der Waals surface area contributed by atoms with E-state index in [-0.39, 0.29) is 4.90 Å². The van der Waals surface area contributed by atoms with E-state index >= 15 is 0 Å². The molecule has 1 saturated heterocycles. The van der Waals surface area contributed by atoms with E-state index in [2.05, 4.69) is 0 Å². The fourth-order valence-electron chi connectivity index (χ4n) is 2.03. The van der Waals surface area contributed by atoms with Crippen LogP contribution < -0.4 is 0 Å². The molecule has 1 N–H and O–H groups in total. The van der Waals surface area contributed by atoms with Gasteiger partial charge in [0.2, 0.25) is 0 Å². The first-order valence-electron chi connectivity index (χ1n) is 5.74. The lowest BCUT2D eigenvalue weighted by atomic mass is 10.1. The van der Waals surface area contributed by atoms with Gasteiger partial charge in [0.15, 0.2) is 0 Å². The van der Waals surface area contributed by atoms with Crippen molar-refractivity contribution < 1.29 is 17.7 Å². The molecule has 0 aliphatic carbocycles. The smallest absolute Gasteiger partial charge is 0.294 e. The molecular weight excluding hydrogens is 240 g/mol. The minimum absolute atomic E-state index is 0.0571. The van der Waals surface area contributed by atoms with Gasteiger partial charge in [0.25, 0.3) is 10.1 Å². The van der Waals surface area contributed by atoms with Gasteiger partial charge in [-0.15, -0.1) is 0 Å². The summed E-state index contributed by atoms with van der Waals surface area (Å²) in [5.41, 5.74) is 1.06. The molecule has 0 amide bonds. The highest BCUT2D eigenvalue weighted by atomic mass is 32.2. The average molecular weight is 256 g/mol. The third-order valence-corrected chi connectivity index (χ3v) is 3.87. The molecular formula is C12H16O4S. The van der Waals surface area contributed by atoms with E-state index < -0.39 is 10.1 Å². The zero-order chi connectivity index (χ0) is 12.3. The lowest BCUT2D eigenvalue weighted by Gasteiger charge is -2.08. The highest BCUT2D eigenvalue weighted by Gasteiger charge is 2.15. The summed E-state index contributed by atoms with van der Waals surface area (Å²) < 4.78 is 36.0. The maximum Gasteiger partial charge on any atom is 0.294 e. The van der Waals surface area contributed by atoms with Crippen LogP contribution in [0.3, 0.4) is 0 Å². The van der Waals surface area contributed by atoms with E-state index in [9.17, 15) is 8.42 Å². The molecule has 1 atom stereocenters. The van der Waals surface area contributed by atoms with Gasteiger partial charge in [-0.2, -0.15) is 8.42 Å². The molecule has 2 rings (SSSR count). The summed E-state index contributed by atoms with van der Waals surface area (Å²) in [5.74, 6) is 0. The van der Waals surface area contributed by atoms with Crippen LogP contribution in [-0.4, -0.2) is 25.7 Å². The van der Waals surface area contributed by atoms with E-state index in [1.54, 1.807) is 12.1 Å². The molecule has 17 heavy (non-hydrogen) atoms. The fourth-order valence-corrected chi connectivity index (χ4v) is 2.51. The molecule has 1 aliphatic rings. The van der Waals surface area contributed by atoms with Crippen LogP contribution >= 0.6 is 0 Å². The van der Waals surface area contributed by atoms with Crippen LogP contribution in [0.5, 0.6) is 0 Å². The molecule has 0 aromatic heterocycles. The van der Waals surface area contributed by atoms with Crippen LogP contribution in [-0.2, 0) is 21.3 Å². The first-order chi connectivity index (χ1) is 8.05. The second-order valence-corrected chi connectivity index (χ2v) is 5.71. The highest BCUT2D eigenvalue weighted by Crippen LogP contribution is 2.18. The lowest BCUT2D eigenvalue weighted by Crippen LogP contribution is -2.06. The lowest BCUT2D eigenvalue weighted by molar-refractivity contribution is 0.104. The number of benzene rings is 1. The van der Waals surface area contributed by atoms with Crippen LogP contribution in [0, 0.1) is 0 Å². The molecule has 1 aliphatic heterocycles. The third kappa shape index (κ3) is 3.52. The van der Waals surface area contributed by atoms with Crippen LogP contribution in [0.4, 0.5) is 0 Å². The quantitative estimate of drug-likeness (QED) is 0.837. The molecule has 0 radical (unpaired) electrons. The van der Waals surface area contributed by atoms with Gasteiger partial charge in [-0.05, 0) is 43.4 Å². The van der Waals surface area contributed by atoms with Crippen LogP contribution in [0.2, 0.25) is 0 Å². The maximum absolute atomic E-state index is 10.8. The minimum Gasteiger partial charge on any atom is -0.378 e. The Morgan fingerprint density at radius 1 is 1.29 bits per heavy atom. The number of rotatable bonds is 4. The first kappa shape index (κ1) is 12.5. The maximum atomic E-state index is 10.8. The molecule has 1 heterocycles. The van der Waals surface area contributed by atoms with Crippen LogP contribution in [0.25, 0.3) is 0 Å². The van der Waals surface area contributed by atoms with E-state index in [0.717, 1.165) is 37.9 Å². The Balaban J connectivity index is 1.94. The van der Waals surface area contributed by atoms with Crippen molar-refractivity contribution in [2.24, 2.45) is 0 Å². The van der Waals surface area contributed by atoms with Crippen LogP contribution in [0.1, 0.15) is 24.8 Å². The third-order valence-electron chi connectivity index (χ3n) is 3.00. The molecule has 1 fully saturated rings. The average Bonchev–Trinajstić information content (AvgIpc) is 2.78. The van der Waals surface area contributed by atoms with Gasteiger partial charge in [-0.1, -0.05) is 12.1 Å². The molecule has 0 saturated carbocycles. The minimum atomic E-state index is -4.07. The molecule has 1 aromatic rings. The molecule has 94 valence electrons. The Bertz CT molecular complexity index is 458. The zero-order valence-corrected chi connectivity index (χ0v) is 10.3. The topological polar surface area (TPSA) is 63.6 Å². The summed E-state index contributed by atoms with van der Waals surface area (Å²) in [5, 5.41) is 0. The van der Waals surface area contributed by atoms with Crippen molar-refractivity contribution in [3.05, 3.63) is 29.8 Å². The summed E-state index contributed by atoms with van der Waals surface area (Å²) in [7, 11) is -4.07. The van der Waals surface area contributed by atoms with Gasteiger partial charge in [-0.25, -0.2) is 0 Å². The fraction of sp³-hybridized carbons (Fsp3) is 0.500. The monoisotopic (exact) mass is 256 g/mol.